The van der Waals surface area contributed by atoms with E-state index >= 15 is 0 Å². The van der Waals surface area contributed by atoms with Crippen LogP contribution in [0.1, 0.15) is 28.9 Å². The quantitative estimate of drug-likeness (QED) is 0.909. The third kappa shape index (κ3) is 4.06. The van der Waals surface area contributed by atoms with Crippen molar-refractivity contribution in [2.45, 2.75) is 18.6 Å². The van der Waals surface area contributed by atoms with E-state index in [1.54, 1.807) is 6.07 Å². The second-order valence-electron chi connectivity index (χ2n) is 5.58. The van der Waals surface area contributed by atoms with Crippen LogP contribution in [0.2, 0.25) is 0 Å². The molecule has 1 atom stereocenters. The molecule has 1 fully saturated rings. The van der Waals surface area contributed by atoms with Crippen LogP contribution in [0.4, 0.5) is 13.2 Å². The maximum atomic E-state index is 13.0. The second-order valence-corrected chi connectivity index (χ2v) is 5.58. The minimum atomic E-state index is -4.40. The molecule has 1 N–H and O–H groups in total. The van der Waals surface area contributed by atoms with E-state index in [1.165, 1.54) is 12.1 Å². The molecule has 1 aliphatic heterocycles. The summed E-state index contributed by atoms with van der Waals surface area (Å²) < 4.78 is 44.2. The summed E-state index contributed by atoms with van der Waals surface area (Å²) in [7, 11) is 1.96. The average Bonchev–Trinajstić information content (AvgIpc) is 2.95. The summed E-state index contributed by atoms with van der Waals surface area (Å²) in [6.07, 6.45) is -4.43. The number of hydrogen-bond acceptors (Lipinski definition) is 5. The minimum Gasteiger partial charge on any atom is -0.339 e. The molecule has 2 heterocycles. The van der Waals surface area contributed by atoms with Gasteiger partial charge in [-0.25, -0.2) is 0 Å². The predicted molar refractivity (Wildman–Crippen MR) is 84.0 cm³/mol. The summed E-state index contributed by atoms with van der Waals surface area (Å²) >= 11 is 0. The van der Waals surface area contributed by atoms with Gasteiger partial charge in [-0.3, -0.25) is 4.90 Å². The Kier molecular flexibility index (Phi) is 5.84. The molecule has 1 unspecified atom stereocenters. The molecule has 1 aliphatic rings. The monoisotopic (exact) mass is 362 g/mol. The third-order valence-corrected chi connectivity index (χ3v) is 3.96. The van der Waals surface area contributed by atoms with Gasteiger partial charge < -0.3 is 9.84 Å². The molecule has 0 amide bonds. The number of nitrogens with one attached hydrogen (secondary N) is 1. The lowest BCUT2D eigenvalue weighted by molar-refractivity contribution is -0.138. The zero-order chi connectivity index (χ0) is 16.4. The van der Waals surface area contributed by atoms with Crippen LogP contribution < -0.4 is 5.32 Å². The lowest BCUT2D eigenvalue weighted by Gasteiger charge is -2.30. The second kappa shape index (κ2) is 7.50. The number of alkyl halides is 3. The van der Waals surface area contributed by atoms with Gasteiger partial charge in [0, 0.05) is 19.6 Å². The highest BCUT2D eigenvalue weighted by Gasteiger charge is 2.33. The van der Waals surface area contributed by atoms with Gasteiger partial charge >= 0.3 is 6.18 Å². The van der Waals surface area contributed by atoms with Crippen molar-refractivity contribution in [3.05, 3.63) is 47.1 Å². The first kappa shape index (κ1) is 18.7. The Morgan fingerprint density at radius 2 is 2.08 bits per heavy atom. The zero-order valence-electron chi connectivity index (χ0n) is 13.0. The Morgan fingerprint density at radius 3 is 2.79 bits per heavy atom. The van der Waals surface area contributed by atoms with Gasteiger partial charge in [-0.15, -0.1) is 12.4 Å². The number of hydrogen-bond donors (Lipinski definition) is 1. The van der Waals surface area contributed by atoms with Gasteiger partial charge in [-0.1, -0.05) is 23.4 Å². The van der Waals surface area contributed by atoms with E-state index in [2.05, 4.69) is 20.4 Å². The third-order valence-electron chi connectivity index (χ3n) is 3.96. The molecule has 0 spiro atoms. The van der Waals surface area contributed by atoms with Gasteiger partial charge in [-0.05, 0) is 18.7 Å². The Labute approximate surface area is 143 Å². The van der Waals surface area contributed by atoms with Crippen LogP contribution in [0.15, 0.2) is 28.8 Å². The SMILES string of the molecule is CN1CCNCC1c1noc(Cc2ccccc2C(F)(F)F)n1.Cl. The van der Waals surface area contributed by atoms with Crippen molar-refractivity contribution in [2.75, 3.05) is 26.7 Å². The van der Waals surface area contributed by atoms with Crippen LogP contribution in [-0.4, -0.2) is 41.7 Å². The molecule has 3 rings (SSSR count). The number of benzene rings is 1. The fourth-order valence-corrected chi connectivity index (χ4v) is 2.68. The molecular weight excluding hydrogens is 345 g/mol. The van der Waals surface area contributed by atoms with E-state index in [4.69, 9.17) is 4.52 Å². The van der Waals surface area contributed by atoms with Crippen molar-refractivity contribution in [1.82, 2.24) is 20.4 Å². The standard InChI is InChI=1S/C15H17F3N4O.ClH/c1-22-7-6-19-9-12(22)14-20-13(23-21-14)8-10-4-2-3-5-11(10)15(16,17)18;/h2-5,12,19H,6-9H2,1H3;1H. The number of rotatable bonds is 3. The van der Waals surface area contributed by atoms with Gasteiger partial charge in [0.15, 0.2) is 5.82 Å². The van der Waals surface area contributed by atoms with Crippen LogP contribution in [0.5, 0.6) is 0 Å². The van der Waals surface area contributed by atoms with Crippen molar-refractivity contribution >= 4 is 12.4 Å². The Morgan fingerprint density at radius 1 is 1.33 bits per heavy atom. The Bertz CT molecular complexity index is 677. The van der Waals surface area contributed by atoms with E-state index < -0.39 is 11.7 Å². The van der Waals surface area contributed by atoms with E-state index in [0.29, 0.717) is 12.4 Å². The number of piperazine rings is 1. The molecule has 1 aromatic carbocycles. The first-order valence-electron chi connectivity index (χ1n) is 7.33. The first-order valence-corrected chi connectivity index (χ1v) is 7.33. The van der Waals surface area contributed by atoms with E-state index in [0.717, 1.165) is 19.2 Å². The van der Waals surface area contributed by atoms with Gasteiger partial charge in [0.05, 0.1) is 18.0 Å². The van der Waals surface area contributed by atoms with Crippen LogP contribution in [0.25, 0.3) is 0 Å². The maximum absolute atomic E-state index is 13.0. The van der Waals surface area contributed by atoms with Gasteiger partial charge in [0.1, 0.15) is 0 Å². The maximum Gasteiger partial charge on any atom is 0.416 e. The van der Waals surface area contributed by atoms with Crippen molar-refractivity contribution < 1.29 is 17.7 Å². The molecule has 0 radical (unpaired) electrons. The lowest BCUT2D eigenvalue weighted by atomic mass is 10.0. The molecule has 9 heteroatoms. The van der Waals surface area contributed by atoms with Crippen LogP contribution in [0, 0.1) is 0 Å². The van der Waals surface area contributed by atoms with Crippen LogP contribution in [0.3, 0.4) is 0 Å². The highest BCUT2D eigenvalue weighted by atomic mass is 35.5. The van der Waals surface area contributed by atoms with Gasteiger partial charge in [0.2, 0.25) is 5.89 Å². The van der Waals surface area contributed by atoms with Crippen molar-refractivity contribution in [1.29, 1.82) is 0 Å². The molecular formula is C15H18ClF3N4O. The summed E-state index contributed by atoms with van der Waals surface area (Å²) in [5, 5.41) is 7.17. The van der Waals surface area contributed by atoms with E-state index in [-0.39, 0.29) is 36.3 Å². The average molecular weight is 363 g/mol. The molecule has 1 aromatic heterocycles. The fraction of sp³-hybridized carbons (Fsp3) is 0.467. The normalized spacial score (nSPS) is 19.1. The van der Waals surface area contributed by atoms with Crippen molar-refractivity contribution in [3.8, 4) is 0 Å². The molecule has 0 aliphatic carbocycles. The molecule has 2 aromatic rings. The topological polar surface area (TPSA) is 54.2 Å². The molecule has 132 valence electrons. The molecule has 24 heavy (non-hydrogen) atoms. The number of nitrogens with zero attached hydrogens (tertiary/aromatic N) is 3. The highest BCUT2D eigenvalue weighted by Crippen LogP contribution is 2.32. The summed E-state index contributed by atoms with van der Waals surface area (Å²) in [6, 6.07) is 5.40. The number of halogens is 4. The van der Waals surface area contributed by atoms with Crippen LogP contribution in [-0.2, 0) is 12.6 Å². The predicted octanol–water partition coefficient (Wildman–Crippen LogP) is 2.68. The van der Waals surface area contributed by atoms with Crippen molar-refractivity contribution in [3.63, 3.8) is 0 Å². The molecule has 5 nitrogen and oxygen atoms in total. The lowest BCUT2D eigenvalue weighted by Crippen LogP contribution is -2.44. The number of aromatic nitrogens is 2. The molecule has 1 saturated heterocycles. The first-order chi connectivity index (χ1) is 10.9. The van der Waals surface area contributed by atoms with Gasteiger partial charge in [-0.2, -0.15) is 18.2 Å². The minimum absolute atomic E-state index is 0. The molecule has 0 bridgehead atoms. The zero-order valence-corrected chi connectivity index (χ0v) is 13.8. The highest BCUT2D eigenvalue weighted by molar-refractivity contribution is 5.85. The Balaban J connectivity index is 0.00000208. The Hall–Kier alpha value is -1.64. The molecule has 0 saturated carbocycles. The number of likely N-dealkylation sites (N-methyl/N-ethyl adjacent to an activating group) is 1. The van der Waals surface area contributed by atoms with Gasteiger partial charge in [0.25, 0.3) is 0 Å². The largest absolute Gasteiger partial charge is 0.416 e. The summed E-state index contributed by atoms with van der Waals surface area (Å²) in [4.78, 5) is 6.37. The van der Waals surface area contributed by atoms with Crippen molar-refractivity contribution in [2.24, 2.45) is 0 Å². The smallest absolute Gasteiger partial charge is 0.339 e. The van der Waals surface area contributed by atoms with E-state index in [9.17, 15) is 13.2 Å². The summed E-state index contributed by atoms with van der Waals surface area (Å²) in [6.45, 7) is 2.43. The summed E-state index contributed by atoms with van der Waals surface area (Å²) in [5.41, 5.74) is -0.540. The summed E-state index contributed by atoms with van der Waals surface area (Å²) in [5.74, 6) is 0.690. The van der Waals surface area contributed by atoms with E-state index in [1.807, 2.05) is 7.05 Å². The van der Waals surface area contributed by atoms with Crippen LogP contribution >= 0.6 is 12.4 Å². The fourth-order valence-electron chi connectivity index (χ4n) is 2.68.